The third-order valence-corrected chi connectivity index (χ3v) is 8.55. The second kappa shape index (κ2) is 9.75. The van der Waals surface area contributed by atoms with Gasteiger partial charge in [-0.25, -0.2) is 9.98 Å². The number of aliphatic imine (C=N–C) groups is 1. The molecular formula is C30H39N7O2. The highest BCUT2D eigenvalue weighted by molar-refractivity contribution is 5.96. The van der Waals surface area contributed by atoms with Crippen molar-refractivity contribution in [3.63, 3.8) is 0 Å². The van der Waals surface area contributed by atoms with Crippen LogP contribution in [-0.4, -0.2) is 46.1 Å². The van der Waals surface area contributed by atoms with Crippen LogP contribution in [0.1, 0.15) is 61.9 Å². The number of benzene rings is 1. The first kappa shape index (κ1) is 26.0. The predicted octanol–water partition coefficient (Wildman–Crippen LogP) is 2.94. The summed E-state index contributed by atoms with van der Waals surface area (Å²) in [5.74, 6) is 1.14. The Morgan fingerprint density at radius 1 is 1.15 bits per heavy atom. The van der Waals surface area contributed by atoms with E-state index in [1.807, 2.05) is 26.0 Å². The van der Waals surface area contributed by atoms with Crippen LogP contribution >= 0.6 is 0 Å². The molecule has 2 unspecified atom stereocenters. The van der Waals surface area contributed by atoms with E-state index in [-0.39, 0.29) is 0 Å². The SMILES string of the molecule is C=CCNC(O)C1=CNC(Nc2ccc3c(c2)CNCC32CC2)=NC1(C)Nc1ccc2c(n1)[C@](C)(O)CCC2. The normalized spacial score (nSPS) is 27.3. The second-order valence-corrected chi connectivity index (χ2v) is 11.7. The molecule has 206 valence electrons. The first-order chi connectivity index (χ1) is 18.7. The fourth-order valence-electron chi connectivity index (χ4n) is 6.24. The standard InChI is InChI=1S/C30H39N7O2/c1-4-14-32-26(38)23-17-33-27(34-21-8-9-22-20(15-21)16-31-18-30(22)12-13-30)37-29(23,3)36-24-10-7-19-6-5-11-28(2,39)25(19)35-24/h4,7-10,15,17,26,31-32,38-39H,1,5-6,11-14,16,18H2,2-3H3,(H,35,36)(H2,33,34,37)/t26?,28-,29?/m1/s1. The molecule has 0 radical (unpaired) electrons. The van der Waals surface area contributed by atoms with Gasteiger partial charge in [0.05, 0.1) is 5.69 Å². The molecule has 7 N–H and O–H groups in total. The molecule has 3 atom stereocenters. The van der Waals surface area contributed by atoms with Gasteiger partial charge in [0.25, 0.3) is 0 Å². The number of aliphatic hydroxyl groups is 2. The van der Waals surface area contributed by atoms with Gasteiger partial charge >= 0.3 is 0 Å². The van der Waals surface area contributed by atoms with E-state index < -0.39 is 17.5 Å². The van der Waals surface area contributed by atoms with Crippen molar-refractivity contribution in [2.24, 2.45) is 4.99 Å². The van der Waals surface area contributed by atoms with E-state index in [9.17, 15) is 10.2 Å². The fourth-order valence-corrected chi connectivity index (χ4v) is 6.24. The molecule has 0 bridgehead atoms. The number of aromatic nitrogens is 1. The zero-order valence-electron chi connectivity index (χ0n) is 22.8. The van der Waals surface area contributed by atoms with Crippen LogP contribution in [0.25, 0.3) is 0 Å². The smallest absolute Gasteiger partial charge is 0.202 e. The van der Waals surface area contributed by atoms with E-state index in [0.29, 0.717) is 41.4 Å². The number of hydrogen-bond acceptors (Lipinski definition) is 9. The molecule has 2 aliphatic heterocycles. The van der Waals surface area contributed by atoms with Crippen molar-refractivity contribution in [2.45, 2.75) is 75.4 Å². The lowest BCUT2D eigenvalue weighted by Crippen LogP contribution is -2.50. The maximum atomic E-state index is 11.0. The minimum absolute atomic E-state index is 0.327. The summed E-state index contributed by atoms with van der Waals surface area (Å²) in [5.41, 5.74) is 4.43. The van der Waals surface area contributed by atoms with E-state index in [1.54, 1.807) is 12.3 Å². The Labute approximate surface area is 229 Å². The van der Waals surface area contributed by atoms with Gasteiger partial charge in [-0.1, -0.05) is 18.2 Å². The maximum absolute atomic E-state index is 11.0. The van der Waals surface area contributed by atoms with E-state index in [1.165, 1.54) is 24.0 Å². The van der Waals surface area contributed by atoms with Crippen LogP contribution in [0.2, 0.25) is 0 Å². The molecule has 1 fully saturated rings. The Kier molecular flexibility index (Phi) is 6.50. The van der Waals surface area contributed by atoms with Crippen LogP contribution < -0.4 is 26.6 Å². The minimum atomic E-state index is -1.03. The average Bonchev–Trinajstić information content (AvgIpc) is 3.67. The van der Waals surface area contributed by atoms with Crippen molar-refractivity contribution < 1.29 is 10.2 Å². The van der Waals surface area contributed by atoms with Crippen LogP contribution in [0.5, 0.6) is 0 Å². The molecule has 3 heterocycles. The third kappa shape index (κ3) is 4.96. The zero-order valence-corrected chi connectivity index (χ0v) is 22.8. The molecule has 4 aliphatic rings. The number of anilines is 2. The van der Waals surface area contributed by atoms with Crippen LogP contribution in [0, 0.1) is 0 Å². The summed E-state index contributed by atoms with van der Waals surface area (Å²) >= 11 is 0. The Morgan fingerprint density at radius 2 is 2.00 bits per heavy atom. The predicted molar refractivity (Wildman–Crippen MR) is 154 cm³/mol. The van der Waals surface area contributed by atoms with Crippen molar-refractivity contribution in [2.75, 3.05) is 23.7 Å². The van der Waals surface area contributed by atoms with Gasteiger partial charge in [-0.05, 0) is 80.8 Å². The Balaban J connectivity index is 1.29. The summed E-state index contributed by atoms with van der Waals surface area (Å²) in [4.78, 5) is 9.80. The van der Waals surface area contributed by atoms with Gasteiger partial charge in [-0.2, -0.15) is 0 Å². The molecule has 9 heteroatoms. The number of guanidine groups is 1. The zero-order chi connectivity index (χ0) is 27.3. The van der Waals surface area contributed by atoms with Crippen molar-refractivity contribution in [3.8, 4) is 0 Å². The number of nitrogens with zero attached hydrogens (tertiary/aromatic N) is 2. The highest BCUT2D eigenvalue weighted by Gasteiger charge is 2.46. The molecule has 2 aromatic rings. The summed E-state index contributed by atoms with van der Waals surface area (Å²) in [6, 6.07) is 10.5. The number of pyridine rings is 1. The van der Waals surface area contributed by atoms with E-state index >= 15 is 0 Å². The molecule has 6 rings (SSSR count). The van der Waals surface area contributed by atoms with Crippen molar-refractivity contribution in [1.82, 2.24) is 20.9 Å². The first-order valence-corrected chi connectivity index (χ1v) is 13.9. The van der Waals surface area contributed by atoms with Gasteiger partial charge in [-0.15, -0.1) is 6.58 Å². The molecule has 9 nitrogen and oxygen atoms in total. The molecule has 2 aliphatic carbocycles. The summed E-state index contributed by atoms with van der Waals surface area (Å²) in [6.45, 7) is 9.84. The highest BCUT2D eigenvalue weighted by atomic mass is 16.3. The largest absolute Gasteiger partial charge is 0.384 e. The van der Waals surface area contributed by atoms with Crippen molar-refractivity contribution in [3.05, 3.63) is 77.1 Å². The summed E-state index contributed by atoms with van der Waals surface area (Å²) in [5, 5.41) is 38.7. The number of rotatable bonds is 7. The topological polar surface area (TPSA) is 126 Å². The second-order valence-electron chi connectivity index (χ2n) is 11.7. The van der Waals surface area contributed by atoms with Gasteiger partial charge in [-0.3, -0.25) is 5.32 Å². The molecule has 0 saturated heterocycles. The van der Waals surface area contributed by atoms with Gasteiger partial charge in [0.2, 0.25) is 5.96 Å². The van der Waals surface area contributed by atoms with Crippen LogP contribution in [-0.2, 0) is 24.0 Å². The van der Waals surface area contributed by atoms with Crippen LogP contribution in [0.4, 0.5) is 11.5 Å². The molecule has 1 spiro atoms. The summed E-state index contributed by atoms with van der Waals surface area (Å²) in [7, 11) is 0. The highest BCUT2D eigenvalue weighted by Crippen LogP contribution is 2.50. The van der Waals surface area contributed by atoms with Gasteiger partial charge in [0.1, 0.15) is 17.6 Å². The van der Waals surface area contributed by atoms with Crippen LogP contribution in [0.3, 0.4) is 0 Å². The van der Waals surface area contributed by atoms with E-state index in [4.69, 9.17) is 9.98 Å². The minimum Gasteiger partial charge on any atom is -0.384 e. The third-order valence-electron chi connectivity index (χ3n) is 8.55. The molecule has 0 amide bonds. The lowest BCUT2D eigenvalue weighted by Gasteiger charge is -2.37. The molecular weight excluding hydrogens is 490 g/mol. The Bertz CT molecular complexity index is 1350. The summed E-state index contributed by atoms with van der Waals surface area (Å²) in [6.07, 6.45) is 7.52. The van der Waals surface area contributed by atoms with Gasteiger partial charge in [0, 0.05) is 42.5 Å². The molecule has 1 saturated carbocycles. The summed E-state index contributed by atoms with van der Waals surface area (Å²) < 4.78 is 0. The number of fused-ring (bicyclic) bond motifs is 3. The number of aryl methyl sites for hydroxylation is 1. The average molecular weight is 530 g/mol. The quantitative estimate of drug-likeness (QED) is 0.216. The van der Waals surface area contributed by atoms with E-state index in [2.05, 4.69) is 51.4 Å². The Hall–Kier alpha value is -3.24. The molecule has 1 aromatic heterocycles. The monoisotopic (exact) mass is 529 g/mol. The lowest BCUT2D eigenvalue weighted by molar-refractivity contribution is 0.0341. The van der Waals surface area contributed by atoms with Crippen molar-refractivity contribution in [1.29, 1.82) is 0 Å². The van der Waals surface area contributed by atoms with E-state index in [0.717, 1.165) is 37.2 Å². The van der Waals surface area contributed by atoms with Gasteiger partial charge in [0.15, 0.2) is 5.66 Å². The number of aliphatic hydroxyl groups excluding tert-OH is 1. The lowest BCUT2D eigenvalue weighted by atomic mass is 9.84. The Morgan fingerprint density at radius 3 is 2.79 bits per heavy atom. The molecule has 39 heavy (non-hydrogen) atoms. The molecule has 1 aromatic carbocycles. The number of hydrogen-bond donors (Lipinski definition) is 7. The van der Waals surface area contributed by atoms with Crippen molar-refractivity contribution >= 4 is 17.5 Å². The maximum Gasteiger partial charge on any atom is 0.202 e. The van der Waals surface area contributed by atoms with Gasteiger partial charge < -0.3 is 31.5 Å². The van der Waals surface area contributed by atoms with Crippen LogP contribution in [0.15, 0.2) is 59.8 Å². The fraction of sp³-hybridized carbons (Fsp3) is 0.467. The number of nitrogens with one attached hydrogen (secondary N) is 5. The first-order valence-electron chi connectivity index (χ1n) is 13.9.